The van der Waals surface area contributed by atoms with E-state index < -0.39 is 0 Å². The number of aromatic amines is 1. The van der Waals surface area contributed by atoms with Crippen molar-refractivity contribution in [2.45, 2.75) is 39.0 Å². The summed E-state index contributed by atoms with van der Waals surface area (Å²) in [4.78, 5) is 23.2. The summed E-state index contributed by atoms with van der Waals surface area (Å²) in [7, 11) is 0. The normalized spacial score (nSPS) is 18.4. The van der Waals surface area contributed by atoms with Crippen molar-refractivity contribution in [3.63, 3.8) is 0 Å². The lowest BCUT2D eigenvalue weighted by Gasteiger charge is -2.32. The van der Waals surface area contributed by atoms with Gasteiger partial charge in [0.05, 0.1) is 0 Å². The third-order valence-corrected chi connectivity index (χ3v) is 4.99. The van der Waals surface area contributed by atoms with E-state index in [1.165, 1.54) is 0 Å². The Morgan fingerprint density at radius 3 is 2.76 bits per heavy atom. The number of nitrogens with zero attached hydrogens (tertiary/aromatic N) is 4. The summed E-state index contributed by atoms with van der Waals surface area (Å²) in [6.07, 6.45) is 6.90. The largest absolute Gasteiger partial charge is 0.342 e. The van der Waals surface area contributed by atoms with Crippen LogP contribution in [0.1, 0.15) is 37.2 Å². The number of carbonyl (C=O) groups excluding carboxylic acids is 1. The lowest BCUT2D eigenvalue weighted by molar-refractivity contribution is -0.133. The highest BCUT2D eigenvalue weighted by Gasteiger charge is 2.34. The van der Waals surface area contributed by atoms with Crippen molar-refractivity contribution in [3.8, 4) is 0 Å². The molecular formula is C18H24N6O. The Labute approximate surface area is 147 Å². The monoisotopic (exact) mass is 340 g/mol. The average molecular weight is 340 g/mol. The second-order valence-corrected chi connectivity index (χ2v) is 7.17. The molecule has 2 aliphatic rings. The van der Waals surface area contributed by atoms with Crippen molar-refractivity contribution in [1.82, 2.24) is 25.1 Å². The van der Waals surface area contributed by atoms with Gasteiger partial charge in [0.25, 0.3) is 0 Å². The Morgan fingerprint density at radius 2 is 2.08 bits per heavy atom. The van der Waals surface area contributed by atoms with Gasteiger partial charge in [-0.15, -0.1) is 0 Å². The number of likely N-dealkylation sites (tertiary alicyclic amines) is 1. The minimum absolute atomic E-state index is 0.327. The summed E-state index contributed by atoms with van der Waals surface area (Å²) in [6, 6.07) is 3.79. The van der Waals surface area contributed by atoms with Crippen molar-refractivity contribution < 1.29 is 4.79 Å². The number of rotatable bonds is 5. The van der Waals surface area contributed by atoms with E-state index in [0.717, 1.165) is 68.3 Å². The Balaban J connectivity index is 1.32. The lowest BCUT2D eigenvalue weighted by Crippen LogP contribution is -2.39. The first-order chi connectivity index (χ1) is 12.2. The summed E-state index contributed by atoms with van der Waals surface area (Å²) in [5.41, 5.74) is 1.00. The first kappa shape index (κ1) is 16.1. The SMILES string of the molecule is Cc1cc(Nc2ccnc(CC3CCN(C(=O)C4CC4)CC3)n2)n[nH]1. The zero-order valence-corrected chi connectivity index (χ0v) is 14.5. The number of hydrogen-bond acceptors (Lipinski definition) is 5. The van der Waals surface area contributed by atoms with Gasteiger partial charge < -0.3 is 10.2 Å². The van der Waals surface area contributed by atoms with Gasteiger partial charge in [-0.2, -0.15) is 5.10 Å². The zero-order chi connectivity index (χ0) is 17.2. The Hall–Kier alpha value is -2.44. The van der Waals surface area contributed by atoms with E-state index in [4.69, 9.17) is 0 Å². The molecule has 132 valence electrons. The van der Waals surface area contributed by atoms with E-state index in [1.807, 2.05) is 24.0 Å². The Morgan fingerprint density at radius 1 is 1.28 bits per heavy atom. The van der Waals surface area contributed by atoms with Gasteiger partial charge in [-0.3, -0.25) is 9.89 Å². The van der Waals surface area contributed by atoms with Crippen LogP contribution < -0.4 is 5.32 Å². The molecule has 0 atom stereocenters. The van der Waals surface area contributed by atoms with E-state index in [1.54, 1.807) is 6.20 Å². The molecular weight excluding hydrogens is 316 g/mol. The predicted octanol–water partition coefficient (Wildman–Crippen LogP) is 2.44. The van der Waals surface area contributed by atoms with Crippen LogP contribution in [0.2, 0.25) is 0 Å². The molecule has 7 nitrogen and oxygen atoms in total. The highest BCUT2D eigenvalue weighted by Crippen LogP contribution is 2.32. The maximum Gasteiger partial charge on any atom is 0.225 e. The van der Waals surface area contributed by atoms with Crippen molar-refractivity contribution in [1.29, 1.82) is 0 Å². The highest BCUT2D eigenvalue weighted by atomic mass is 16.2. The zero-order valence-electron chi connectivity index (χ0n) is 14.5. The number of carbonyl (C=O) groups is 1. The standard InChI is InChI=1S/C18H24N6O/c1-12-10-17(23-22-12)21-15-4-7-19-16(20-15)11-13-5-8-24(9-6-13)18(25)14-2-3-14/h4,7,10,13-14H,2-3,5-6,8-9,11H2,1H3,(H2,19,20,21,22,23). The number of piperidine rings is 1. The predicted molar refractivity (Wildman–Crippen MR) is 94.4 cm³/mol. The van der Waals surface area contributed by atoms with Crippen molar-refractivity contribution in [2.24, 2.45) is 11.8 Å². The Bertz CT molecular complexity index is 746. The van der Waals surface area contributed by atoms with Gasteiger partial charge in [-0.05, 0) is 44.6 Å². The van der Waals surface area contributed by atoms with Gasteiger partial charge in [0.15, 0.2) is 5.82 Å². The fourth-order valence-corrected chi connectivity index (χ4v) is 3.38. The first-order valence-corrected chi connectivity index (χ1v) is 9.07. The van der Waals surface area contributed by atoms with Gasteiger partial charge in [-0.25, -0.2) is 9.97 Å². The number of aryl methyl sites for hydroxylation is 1. The minimum Gasteiger partial charge on any atom is -0.342 e. The minimum atomic E-state index is 0.327. The van der Waals surface area contributed by atoms with Gasteiger partial charge >= 0.3 is 0 Å². The van der Waals surface area contributed by atoms with Gasteiger partial charge in [0.2, 0.25) is 5.91 Å². The van der Waals surface area contributed by atoms with E-state index in [9.17, 15) is 4.79 Å². The van der Waals surface area contributed by atoms with E-state index in [2.05, 4.69) is 25.5 Å². The molecule has 0 unspecified atom stereocenters. The molecule has 0 aromatic carbocycles. The second-order valence-electron chi connectivity index (χ2n) is 7.17. The number of nitrogens with one attached hydrogen (secondary N) is 2. The molecule has 0 spiro atoms. The molecule has 0 radical (unpaired) electrons. The lowest BCUT2D eigenvalue weighted by atomic mass is 9.93. The number of aromatic nitrogens is 4. The third kappa shape index (κ3) is 3.97. The number of amides is 1. The molecule has 2 aromatic rings. The number of hydrogen-bond donors (Lipinski definition) is 2. The van der Waals surface area contributed by atoms with Crippen LogP contribution in [0.25, 0.3) is 0 Å². The molecule has 25 heavy (non-hydrogen) atoms. The molecule has 0 bridgehead atoms. The number of anilines is 2. The van der Waals surface area contributed by atoms with E-state index >= 15 is 0 Å². The highest BCUT2D eigenvalue weighted by molar-refractivity contribution is 5.81. The van der Waals surface area contributed by atoms with Crippen molar-refractivity contribution >= 4 is 17.5 Å². The van der Waals surface area contributed by atoms with Crippen molar-refractivity contribution in [3.05, 3.63) is 29.8 Å². The first-order valence-electron chi connectivity index (χ1n) is 9.07. The summed E-state index contributed by atoms with van der Waals surface area (Å²) >= 11 is 0. The maximum absolute atomic E-state index is 12.1. The van der Waals surface area contributed by atoms with E-state index in [-0.39, 0.29) is 0 Å². The molecule has 2 N–H and O–H groups in total. The molecule has 4 rings (SSSR count). The summed E-state index contributed by atoms with van der Waals surface area (Å²) in [5.74, 6) is 3.62. The smallest absolute Gasteiger partial charge is 0.225 e. The fraction of sp³-hybridized carbons (Fsp3) is 0.556. The molecule has 7 heteroatoms. The molecule has 1 aliphatic carbocycles. The van der Waals surface area contributed by atoms with Crippen LogP contribution in [0.5, 0.6) is 0 Å². The van der Waals surface area contributed by atoms with E-state index in [0.29, 0.717) is 17.7 Å². The summed E-state index contributed by atoms with van der Waals surface area (Å²) < 4.78 is 0. The molecule has 2 fully saturated rings. The molecule has 3 heterocycles. The quantitative estimate of drug-likeness (QED) is 0.873. The van der Waals surface area contributed by atoms with Crippen LogP contribution in [0.4, 0.5) is 11.6 Å². The molecule has 1 saturated heterocycles. The van der Waals surface area contributed by atoms with Crippen LogP contribution in [-0.4, -0.2) is 44.1 Å². The summed E-state index contributed by atoms with van der Waals surface area (Å²) in [5, 5.41) is 10.3. The Kier molecular flexibility index (Phi) is 4.38. The van der Waals surface area contributed by atoms with Crippen LogP contribution in [0.15, 0.2) is 18.3 Å². The molecule has 2 aromatic heterocycles. The van der Waals surface area contributed by atoms with Crippen molar-refractivity contribution in [2.75, 3.05) is 18.4 Å². The number of H-pyrrole nitrogens is 1. The maximum atomic E-state index is 12.1. The van der Waals surface area contributed by atoms with Crippen LogP contribution in [0, 0.1) is 18.8 Å². The fourth-order valence-electron chi connectivity index (χ4n) is 3.38. The van der Waals surface area contributed by atoms with Crippen LogP contribution >= 0.6 is 0 Å². The molecule has 1 saturated carbocycles. The molecule has 1 aliphatic heterocycles. The second kappa shape index (κ2) is 6.82. The van der Waals surface area contributed by atoms with Gasteiger partial charge in [0.1, 0.15) is 11.6 Å². The average Bonchev–Trinajstić information content (AvgIpc) is 3.38. The van der Waals surface area contributed by atoms with Gasteiger partial charge in [0, 0.05) is 43.4 Å². The third-order valence-electron chi connectivity index (χ3n) is 4.99. The molecule has 1 amide bonds. The van der Waals surface area contributed by atoms with Crippen LogP contribution in [0.3, 0.4) is 0 Å². The topological polar surface area (TPSA) is 86.8 Å². The van der Waals surface area contributed by atoms with Crippen LogP contribution in [-0.2, 0) is 11.2 Å². The summed E-state index contributed by atoms with van der Waals surface area (Å²) in [6.45, 7) is 3.72. The van der Waals surface area contributed by atoms with Gasteiger partial charge in [-0.1, -0.05) is 0 Å².